The van der Waals surface area contributed by atoms with Crippen LogP contribution >= 0.6 is 24.0 Å². The van der Waals surface area contributed by atoms with Gasteiger partial charge in [-0.25, -0.2) is 0 Å². The molecule has 0 bridgehead atoms. The fourth-order valence-corrected chi connectivity index (χ4v) is 3.95. The van der Waals surface area contributed by atoms with E-state index in [1.165, 1.54) is 18.7 Å². The quantitative estimate of drug-likeness (QED) is 0.303. The van der Waals surface area contributed by atoms with Gasteiger partial charge in [-0.15, -0.1) is 0 Å². The van der Waals surface area contributed by atoms with E-state index in [0.29, 0.717) is 23.2 Å². The number of thiocarbonyl (C=S) groups is 1. The number of rotatable bonds is 5. The first-order valence-corrected chi connectivity index (χ1v) is 9.68. The van der Waals surface area contributed by atoms with Gasteiger partial charge in [0.1, 0.15) is 0 Å². The second-order valence-corrected chi connectivity index (χ2v) is 8.77. The average Bonchev–Trinajstić information content (AvgIpc) is 2.41. The molecule has 0 aromatic heterocycles. The highest BCUT2D eigenvalue weighted by molar-refractivity contribution is 8.22. The molecule has 0 spiro atoms. The van der Waals surface area contributed by atoms with Crippen LogP contribution < -0.4 is 0 Å². The fraction of sp³-hybridized carbons (Fsp3) is 0.684. The lowest BCUT2D eigenvalue weighted by Crippen LogP contribution is -2.31. The smallest absolute Gasteiger partial charge is 0.303 e. The lowest BCUT2D eigenvalue weighted by molar-refractivity contribution is -0.144. The van der Waals surface area contributed by atoms with Crippen molar-refractivity contribution in [2.24, 2.45) is 10.8 Å². The fourth-order valence-electron chi connectivity index (χ4n) is 3.18. The third kappa shape index (κ3) is 8.21. The molecule has 0 radical (unpaired) electrons. The molecular weight excluding hydrogens is 340 g/mol. The van der Waals surface area contributed by atoms with Gasteiger partial charge in [0.2, 0.25) is 4.38 Å². The summed E-state index contributed by atoms with van der Waals surface area (Å²) in [6.07, 6.45) is 6.93. The first-order valence-electron chi connectivity index (χ1n) is 8.29. The standard InChI is InChI=1S/C19H28O3S2/c1-6-21-17(23)24-12-7-9-16(22-15(2)20)13-19(5)11-8-10-18(3,4)14-19/h8,11,16H,6,10,12-14H2,1-5H3. The van der Waals surface area contributed by atoms with Crippen molar-refractivity contribution in [1.29, 1.82) is 0 Å². The molecule has 0 amide bonds. The number of esters is 1. The molecule has 0 fully saturated rings. The monoisotopic (exact) mass is 368 g/mol. The zero-order chi connectivity index (χ0) is 18.2. The van der Waals surface area contributed by atoms with Crippen molar-refractivity contribution in [1.82, 2.24) is 0 Å². The molecule has 0 heterocycles. The predicted molar refractivity (Wildman–Crippen MR) is 105 cm³/mol. The summed E-state index contributed by atoms with van der Waals surface area (Å²) in [5, 5.41) is 0. The Bertz CT molecular complexity index is 543. The SMILES string of the molecule is CCOC(=S)SCC#CC(CC1(C)C=CCC(C)(C)C1)OC(C)=O. The van der Waals surface area contributed by atoms with Gasteiger partial charge in [0, 0.05) is 13.3 Å². The van der Waals surface area contributed by atoms with Gasteiger partial charge in [-0.1, -0.05) is 56.5 Å². The van der Waals surface area contributed by atoms with E-state index in [-0.39, 0.29) is 16.8 Å². The van der Waals surface area contributed by atoms with Crippen molar-refractivity contribution < 1.29 is 14.3 Å². The Morgan fingerprint density at radius 3 is 2.71 bits per heavy atom. The van der Waals surface area contributed by atoms with Crippen molar-refractivity contribution in [2.45, 2.75) is 60.0 Å². The minimum Gasteiger partial charge on any atom is -0.479 e. The van der Waals surface area contributed by atoms with E-state index in [2.05, 4.69) is 44.8 Å². The summed E-state index contributed by atoms with van der Waals surface area (Å²) < 4.78 is 11.1. The first kappa shape index (κ1) is 21.1. The number of hydrogen-bond donors (Lipinski definition) is 0. The summed E-state index contributed by atoms with van der Waals surface area (Å²) in [5.74, 6) is 6.38. The van der Waals surface area contributed by atoms with E-state index < -0.39 is 6.10 Å². The largest absolute Gasteiger partial charge is 0.479 e. The molecule has 24 heavy (non-hydrogen) atoms. The summed E-state index contributed by atoms with van der Waals surface area (Å²) in [5.41, 5.74) is 0.252. The number of carbonyl (C=O) groups is 1. The number of hydrogen-bond acceptors (Lipinski definition) is 5. The highest BCUT2D eigenvalue weighted by Gasteiger charge is 2.35. The van der Waals surface area contributed by atoms with Crippen molar-refractivity contribution in [3.8, 4) is 11.8 Å². The van der Waals surface area contributed by atoms with Gasteiger partial charge in [0.25, 0.3) is 0 Å². The van der Waals surface area contributed by atoms with Crippen LogP contribution in [0.25, 0.3) is 0 Å². The summed E-state index contributed by atoms with van der Waals surface area (Å²) in [7, 11) is 0. The van der Waals surface area contributed by atoms with Crippen molar-refractivity contribution in [2.75, 3.05) is 12.4 Å². The van der Waals surface area contributed by atoms with E-state index in [1.807, 2.05) is 6.92 Å². The second-order valence-electron chi connectivity index (χ2n) is 7.20. The van der Waals surface area contributed by atoms with Crippen molar-refractivity contribution in [3.05, 3.63) is 12.2 Å². The van der Waals surface area contributed by atoms with E-state index in [4.69, 9.17) is 21.7 Å². The van der Waals surface area contributed by atoms with E-state index in [1.54, 1.807) is 0 Å². The minimum absolute atomic E-state index is 0.00961. The van der Waals surface area contributed by atoms with Crippen LogP contribution in [0.2, 0.25) is 0 Å². The molecule has 0 N–H and O–H groups in total. The maximum atomic E-state index is 11.4. The molecule has 2 atom stereocenters. The lowest BCUT2D eigenvalue weighted by atomic mass is 9.66. The van der Waals surface area contributed by atoms with Crippen LogP contribution in [0.1, 0.15) is 53.9 Å². The Morgan fingerprint density at radius 1 is 1.42 bits per heavy atom. The molecule has 5 heteroatoms. The zero-order valence-corrected chi connectivity index (χ0v) is 16.9. The van der Waals surface area contributed by atoms with Crippen molar-refractivity contribution in [3.63, 3.8) is 0 Å². The minimum atomic E-state index is -0.396. The molecular formula is C19H28O3S2. The van der Waals surface area contributed by atoms with Crippen LogP contribution in [0, 0.1) is 22.7 Å². The Kier molecular flexibility index (Phi) is 8.32. The summed E-state index contributed by atoms with van der Waals surface area (Å²) >= 11 is 6.44. The van der Waals surface area contributed by atoms with Crippen LogP contribution in [0.15, 0.2) is 12.2 Å². The molecule has 0 aromatic rings. The lowest BCUT2D eigenvalue weighted by Gasteiger charge is -2.39. The summed E-state index contributed by atoms with van der Waals surface area (Å²) in [4.78, 5) is 11.4. The van der Waals surface area contributed by atoms with Gasteiger partial charge < -0.3 is 9.47 Å². The van der Waals surface area contributed by atoms with Gasteiger partial charge in [-0.2, -0.15) is 0 Å². The van der Waals surface area contributed by atoms with Gasteiger partial charge in [-0.3, -0.25) is 4.79 Å². The van der Waals surface area contributed by atoms with Gasteiger partial charge in [0.15, 0.2) is 6.10 Å². The van der Waals surface area contributed by atoms with Gasteiger partial charge in [0.05, 0.1) is 12.4 Å². The highest BCUT2D eigenvalue weighted by Crippen LogP contribution is 2.44. The van der Waals surface area contributed by atoms with Crippen LogP contribution in [-0.4, -0.2) is 28.8 Å². The van der Waals surface area contributed by atoms with Crippen LogP contribution in [-0.2, 0) is 14.3 Å². The molecule has 3 nitrogen and oxygen atoms in total. The number of thioether (sulfide) groups is 1. The molecule has 0 saturated carbocycles. The summed E-state index contributed by atoms with van der Waals surface area (Å²) in [6.45, 7) is 10.6. The molecule has 0 aliphatic heterocycles. The Hall–Kier alpha value is -0.990. The molecule has 0 saturated heterocycles. The molecule has 1 aliphatic rings. The third-order valence-electron chi connectivity index (χ3n) is 3.82. The Morgan fingerprint density at radius 2 is 2.12 bits per heavy atom. The molecule has 0 aromatic carbocycles. The topological polar surface area (TPSA) is 35.5 Å². The summed E-state index contributed by atoms with van der Waals surface area (Å²) in [6, 6.07) is 0. The Balaban J connectivity index is 2.69. The Labute approximate surface area is 155 Å². The average molecular weight is 369 g/mol. The molecule has 1 aliphatic carbocycles. The highest BCUT2D eigenvalue weighted by atomic mass is 32.2. The molecule has 2 unspecified atom stereocenters. The maximum absolute atomic E-state index is 11.4. The number of allylic oxidation sites excluding steroid dienone is 2. The zero-order valence-electron chi connectivity index (χ0n) is 15.3. The van der Waals surface area contributed by atoms with Crippen LogP contribution in [0.3, 0.4) is 0 Å². The molecule has 1 rings (SSSR count). The van der Waals surface area contributed by atoms with Gasteiger partial charge in [-0.05, 0) is 42.8 Å². The van der Waals surface area contributed by atoms with E-state index in [0.717, 1.165) is 12.8 Å². The van der Waals surface area contributed by atoms with Crippen molar-refractivity contribution >= 4 is 34.3 Å². The van der Waals surface area contributed by atoms with Crippen LogP contribution in [0.4, 0.5) is 0 Å². The molecule has 134 valence electrons. The van der Waals surface area contributed by atoms with Crippen LogP contribution in [0.5, 0.6) is 0 Å². The normalized spacial score (nSPS) is 22.9. The van der Waals surface area contributed by atoms with Gasteiger partial charge >= 0.3 is 5.97 Å². The third-order valence-corrected chi connectivity index (χ3v) is 4.93. The van der Waals surface area contributed by atoms with E-state index >= 15 is 0 Å². The second kappa shape index (κ2) is 9.48. The first-order chi connectivity index (χ1) is 11.2. The maximum Gasteiger partial charge on any atom is 0.303 e. The number of ether oxygens (including phenoxy) is 2. The predicted octanol–water partition coefficient (Wildman–Crippen LogP) is 4.75. The number of carbonyl (C=O) groups excluding carboxylic acids is 1. The van der Waals surface area contributed by atoms with E-state index in [9.17, 15) is 4.79 Å².